The average molecular weight is 429 g/mol. The monoisotopic (exact) mass is 428 g/mol. The average Bonchev–Trinajstić information content (AvgIpc) is 3.06. The van der Waals surface area contributed by atoms with Gasteiger partial charge in [0, 0.05) is 0 Å². The van der Waals surface area contributed by atoms with Gasteiger partial charge in [0.1, 0.15) is 11.1 Å². The van der Waals surface area contributed by atoms with Crippen molar-refractivity contribution in [2.24, 2.45) is 0 Å². The van der Waals surface area contributed by atoms with Crippen molar-refractivity contribution in [2.75, 3.05) is 13.2 Å². The van der Waals surface area contributed by atoms with Crippen LogP contribution >= 0.6 is 27.3 Å². The van der Waals surface area contributed by atoms with Crippen LogP contribution in [0.15, 0.2) is 40.9 Å². The number of halogens is 1. The number of allylic oxidation sites excluding steroid dienone is 1. The summed E-state index contributed by atoms with van der Waals surface area (Å²) in [6.07, 6.45) is 1.82. The van der Waals surface area contributed by atoms with E-state index in [1.165, 1.54) is 11.3 Å². The zero-order chi connectivity index (χ0) is 18.5. The van der Waals surface area contributed by atoms with Gasteiger partial charge in [-0.15, -0.1) is 11.3 Å². The van der Waals surface area contributed by atoms with Crippen molar-refractivity contribution < 1.29 is 9.47 Å². The van der Waals surface area contributed by atoms with Gasteiger partial charge in [0.2, 0.25) is 0 Å². The van der Waals surface area contributed by atoms with Crippen LogP contribution in [0.1, 0.15) is 24.4 Å². The molecule has 0 fully saturated rings. The van der Waals surface area contributed by atoms with Crippen LogP contribution in [0.5, 0.6) is 11.5 Å². The summed E-state index contributed by atoms with van der Waals surface area (Å²) >= 11 is 5.04. The number of nitriles is 1. The number of thiazole rings is 1. The molecular weight excluding hydrogens is 412 g/mol. The Morgan fingerprint density at radius 3 is 2.69 bits per heavy atom. The first-order chi connectivity index (χ1) is 12.7. The van der Waals surface area contributed by atoms with Crippen molar-refractivity contribution >= 4 is 49.1 Å². The summed E-state index contributed by atoms with van der Waals surface area (Å²) < 4.78 is 13.2. The Hall–Kier alpha value is -2.36. The van der Waals surface area contributed by atoms with Gasteiger partial charge in [-0.3, -0.25) is 0 Å². The molecule has 4 nitrogen and oxygen atoms in total. The second-order valence-corrected chi connectivity index (χ2v) is 7.24. The second kappa shape index (κ2) is 8.35. The third kappa shape index (κ3) is 3.90. The molecular formula is C20H17BrN2O2S. The highest BCUT2D eigenvalue weighted by Gasteiger charge is 2.13. The maximum atomic E-state index is 9.63. The highest BCUT2D eigenvalue weighted by atomic mass is 79.9. The highest BCUT2D eigenvalue weighted by Crippen LogP contribution is 2.38. The van der Waals surface area contributed by atoms with E-state index in [4.69, 9.17) is 9.47 Å². The van der Waals surface area contributed by atoms with E-state index < -0.39 is 0 Å². The van der Waals surface area contributed by atoms with E-state index in [1.807, 2.05) is 56.3 Å². The smallest absolute Gasteiger partial charge is 0.175 e. The van der Waals surface area contributed by atoms with Crippen molar-refractivity contribution in [3.8, 4) is 17.6 Å². The molecule has 6 heteroatoms. The summed E-state index contributed by atoms with van der Waals surface area (Å²) in [4.78, 5) is 4.57. The fourth-order valence-corrected chi connectivity index (χ4v) is 4.02. The Kier molecular flexibility index (Phi) is 5.92. The third-order valence-electron chi connectivity index (χ3n) is 3.58. The molecule has 1 aromatic heterocycles. The van der Waals surface area contributed by atoms with E-state index in [1.54, 1.807) is 0 Å². The van der Waals surface area contributed by atoms with E-state index >= 15 is 0 Å². The standard InChI is InChI=1S/C20H17BrN2O2S/c1-3-24-17-11-13(10-15(21)19(17)25-4-2)9-14(12-22)20-23-16-7-5-6-8-18(16)26-20/h5-11H,3-4H2,1-2H3/b14-9-. The van der Waals surface area contributed by atoms with Crippen molar-refractivity contribution in [2.45, 2.75) is 13.8 Å². The highest BCUT2D eigenvalue weighted by molar-refractivity contribution is 9.10. The van der Waals surface area contributed by atoms with Crippen molar-refractivity contribution in [3.63, 3.8) is 0 Å². The van der Waals surface area contributed by atoms with Gasteiger partial charge in [-0.1, -0.05) is 12.1 Å². The number of fused-ring (bicyclic) bond motifs is 1. The quantitative estimate of drug-likeness (QED) is 0.457. The molecule has 132 valence electrons. The molecule has 0 radical (unpaired) electrons. The molecule has 0 unspecified atom stereocenters. The molecule has 0 aliphatic carbocycles. The number of hydrogen-bond donors (Lipinski definition) is 0. The lowest BCUT2D eigenvalue weighted by Crippen LogP contribution is -1.99. The Balaban J connectivity index is 2.05. The van der Waals surface area contributed by atoms with Crippen LogP contribution in [0.25, 0.3) is 21.9 Å². The van der Waals surface area contributed by atoms with Crippen LogP contribution in [0, 0.1) is 11.3 Å². The van der Waals surface area contributed by atoms with E-state index in [2.05, 4.69) is 27.0 Å². The number of rotatable bonds is 6. The number of hydrogen-bond acceptors (Lipinski definition) is 5. The van der Waals surface area contributed by atoms with E-state index in [9.17, 15) is 5.26 Å². The minimum atomic E-state index is 0.518. The SMILES string of the molecule is CCOc1cc(/C=C(/C#N)c2nc3ccccc3s2)cc(Br)c1OCC. The first-order valence-electron chi connectivity index (χ1n) is 8.23. The molecule has 0 N–H and O–H groups in total. The first-order valence-corrected chi connectivity index (χ1v) is 9.84. The minimum absolute atomic E-state index is 0.518. The van der Waals surface area contributed by atoms with Gasteiger partial charge in [0.25, 0.3) is 0 Å². The van der Waals surface area contributed by atoms with Crippen molar-refractivity contribution in [3.05, 3.63) is 51.4 Å². The molecule has 2 aromatic carbocycles. The number of ether oxygens (including phenoxy) is 2. The molecule has 1 heterocycles. The van der Waals surface area contributed by atoms with E-state index in [0.29, 0.717) is 35.3 Å². The van der Waals surface area contributed by atoms with Crippen LogP contribution in [-0.4, -0.2) is 18.2 Å². The Morgan fingerprint density at radius 1 is 1.23 bits per heavy atom. The summed E-state index contributed by atoms with van der Waals surface area (Å²) in [7, 11) is 0. The summed E-state index contributed by atoms with van der Waals surface area (Å²) in [6.45, 7) is 4.93. The fraction of sp³-hybridized carbons (Fsp3) is 0.200. The topological polar surface area (TPSA) is 55.1 Å². The lowest BCUT2D eigenvalue weighted by molar-refractivity contribution is 0.286. The summed E-state index contributed by atoms with van der Waals surface area (Å²) in [5, 5.41) is 10.3. The molecule has 0 aliphatic heterocycles. The van der Waals surface area contributed by atoms with Gasteiger partial charge in [-0.25, -0.2) is 4.98 Å². The zero-order valence-corrected chi connectivity index (χ0v) is 16.9. The van der Waals surface area contributed by atoms with Gasteiger partial charge < -0.3 is 9.47 Å². The lowest BCUT2D eigenvalue weighted by Gasteiger charge is -2.13. The maximum Gasteiger partial charge on any atom is 0.175 e. The number of aromatic nitrogens is 1. The van der Waals surface area contributed by atoms with Crippen molar-refractivity contribution in [1.29, 1.82) is 5.26 Å². The van der Waals surface area contributed by atoms with Crippen molar-refractivity contribution in [1.82, 2.24) is 4.98 Å². The molecule has 3 rings (SSSR count). The summed E-state index contributed by atoms with van der Waals surface area (Å²) in [5.41, 5.74) is 2.26. The minimum Gasteiger partial charge on any atom is -0.490 e. The van der Waals surface area contributed by atoms with Crippen LogP contribution in [0.2, 0.25) is 0 Å². The van der Waals surface area contributed by atoms with Gasteiger partial charge >= 0.3 is 0 Å². The predicted octanol–water partition coefficient (Wildman–Crippen LogP) is 5.92. The molecule has 0 aliphatic rings. The molecule has 0 bridgehead atoms. The molecule has 0 saturated heterocycles. The largest absolute Gasteiger partial charge is 0.490 e. The molecule has 0 amide bonds. The van der Waals surface area contributed by atoms with Crippen LogP contribution < -0.4 is 9.47 Å². The van der Waals surface area contributed by atoms with E-state index in [0.717, 1.165) is 20.3 Å². The maximum absolute atomic E-state index is 9.63. The van der Waals surface area contributed by atoms with Crippen LogP contribution in [-0.2, 0) is 0 Å². The predicted molar refractivity (Wildman–Crippen MR) is 110 cm³/mol. The Labute approximate surface area is 164 Å². The Bertz CT molecular complexity index is 972. The normalized spacial score (nSPS) is 11.4. The van der Waals surface area contributed by atoms with Gasteiger partial charge in [-0.05, 0) is 65.7 Å². The second-order valence-electron chi connectivity index (χ2n) is 5.35. The number of nitrogens with zero attached hydrogens (tertiary/aromatic N) is 2. The number of para-hydroxylation sites is 1. The molecule has 0 atom stereocenters. The Morgan fingerprint density at radius 2 is 2.00 bits per heavy atom. The third-order valence-corrected chi connectivity index (χ3v) is 5.23. The molecule has 3 aromatic rings. The molecule has 26 heavy (non-hydrogen) atoms. The van der Waals surface area contributed by atoms with Gasteiger partial charge in [0.15, 0.2) is 11.5 Å². The summed E-state index contributed by atoms with van der Waals surface area (Å²) in [5.74, 6) is 1.32. The lowest BCUT2D eigenvalue weighted by atomic mass is 10.1. The van der Waals surface area contributed by atoms with E-state index in [-0.39, 0.29) is 0 Å². The summed E-state index contributed by atoms with van der Waals surface area (Å²) in [6, 6.07) is 13.9. The van der Waals surface area contributed by atoms with Gasteiger partial charge in [0.05, 0.1) is 33.5 Å². The van der Waals surface area contributed by atoms with Crippen LogP contribution in [0.4, 0.5) is 0 Å². The van der Waals surface area contributed by atoms with Gasteiger partial charge in [-0.2, -0.15) is 5.26 Å². The molecule has 0 saturated carbocycles. The number of benzene rings is 2. The van der Waals surface area contributed by atoms with Crippen LogP contribution in [0.3, 0.4) is 0 Å². The zero-order valence-electron chi connectivity index (χ0n) is 14.5. The first kappa shape index (κ1) is 18.4. The fourth-order valence-electron chi connectivity index (χ4n) is 2.51. The molecule has 0 spiro atoms.